The highest BCUT2D eigenvalue weighted by atomic mass is 35.5. The summed E-state index contributed by atoms with van der Waals surface area (Å²) in [6.45, 7) is -1.46. The standard InChI is InChI=1S/C22H18ClF3N8O/c23-12-3-6-15-16(7-12)33-21(32-15)31-13-4-1-11(2-5-13)17-14(20(35)28-9-22(24,25)26)8-34-18(17)19(27)29-10-30-34/h1-6,8,10,12H,7,9H2,(H,28,35)(H2,27,29,30)(H2,31,32,33). The molecular formula is C22H18ClF3N8O. The van der Waals surface area contributed by atoms with Gasteiger partial charge in [0.2, 0.25) is 5.95 Å². The van der Waals surface area contributed by atoms with Crippen molar-refractivity contribution in [2.45, 2.75) is 18.0 Å². The number of carbonyl (C=O) groups excluding carboxylic acids is 1. The molecule has 1 aliphatic rings. The number of aromatic nitrogens is 5. The average Bonchev–Trinajstić information content (AvgIpc) is 3.39. The minimum absolute atomic E-state index is 0.0108. The van der Waals surface area contributed by atoms with E-state index >= 15 is 0 Å². The highest BCUT2D eigenvalue weighted by molar-refractivity contribution is 6.22. The van der Waals surface area contributed by atoms with E-state index in [1.165, 1.54) is 17.0 Å². The van der Waals surface area contributed by atoms with Crippen molar-refractivity contribution in [3.8, 4) is 11.1 Å². The molecule has 9 nitrogen and oxygen atoms in total. The van der Waals surface area contributed by atoms with Gasteiger partial charge in [-0.05, 0) is 23.8 Å². The van der Waals surface area contributed by atoms with Gasteiger partial charge in [-0.3, -0.25) is 4.79 Å². The van der Waals surface area contributed by atoms with E-state index < -0.39 is 18.6 Å². The summed E-state index contributed by atoms with van der Waals surface area (Å²) < 4.78 is 39.3. The topological polar surface area (TPSA) is 126 Å². The Hall–Kier alpha value is -4.06. The SMILES string of the molecule is Nc1ncnn2cc(C(=O)NCC(F)(F)F)c(-c3ccc(Nc4nc5c([nH]4)CC(Cl)C=C5)cc3)c12. The molecule has 0 saturated heterocycles. The van der Waals surface area contributed by atoms with Gasteiger partial charge in [-0.15, -0.1) is 11.6 Å². The molecule has 0 spiro atoms. The highest BCUT2D eigenvalue weighted by Crippen LogP contribution is 2.33. The number of fused-ring (bicyclic) bond motifs is 2. The number of hydrogen-bond acceptors (Lipinski definition) is 6. The molecule has 1 aromatic carbocycles. The van der Waals surface area contributed by atoms with Gasteiger partial charge in [0.25, 0.3) is 5.91 Å². The monoisotopic (exact) mass is 502 g/mol. The van der Waals surface area contributed by atoms with Gasteiger partial charge in [-0.25, -0.2) is 14.5 Å². The van der Waals surface area contributed by atoms with Gasteiger partial charge in [0, 0.05) is 29.6 Å². The number of rotatable bonds is 5. The number of nitrogens with zero attached hydrogens (tertiary/aromatic N) is 4. The summed E-state index contributed by atoms with van der Waals surface area (Å²) in [6.07, 6.45) is 2.35. The minimum atomic E-state index is -4.55. The van der Waals surface area contributed by atoms with Crippen LogP contribution in [0.3, 0.4) is 0 Å². The Labute approximate surface area is 201 Å². The summed E-state index contributed by atoms with van der Waals surface area (Å²) >= 11 is 6.15. The van der Waals surface area contributed by atoms with Crippen molar-refractivity contribution in [2.24, 2.45) is 0 Å². The number of nitrogens with two attached hydrogens (primary N) is 1. The van der Waals surface area contributed by atoms with Crippen LogP contribution in [0.1, 0.15) is 21.7 Å². The van der Waals surface area contributed by atoms with Crippen LogP contribution in [0.25, 0.3) is 22.7 Å². The van der Waals surface area contributed by atoms with E-state index in [4.69, 9.17) is 17.3 Å². The maximum atomic E-state index is 12.7. The maximum Gasteiger partial charge on any atom is 0.405 e. The number of benzene rings is 1. The number of anilines is 3. The van der Waals surface area contributed by atoms with Crippen molar-refractivity contribution in [1.82, 2.24) is 29.9 Å². The molecule has 1 atom stereocenters. The van der Waals surface area contributed by atoms with Crippen molar-refractivity contribution in [1.29, 1.82) is 0 Å². The number of nitrogens with one attached hydrogen (secondary N) is 3. The van der Waals surface area contributed by atoms with E-state index in [0.717, 1.165) is 11.4 Å². The Balaban J connectivity index is 1.46. The second-order valence-corrected chi connectivity index (χ2v) is 8.45. The van der Waals surface area contributed by atoms with E-state index in [9.17, 15) is 18.0 Å². The van der Waals surface area contributed by atoms with Crippen LogP contribution < -0.4 is 16.4 Å². The third-order valence-electron chi connectivity index (χ3n) is 5.41. The second-order valence-electron chi connectivity index (χ2n) is 7.88. The van der Waals surface area contributed by atoms with Crippen molar-refractivity contribution in [3.63, 3.8) is 0 Å². The Bertz CT molecular complexity index is 1440. The van der Waals surface area contributed by atoms with Crippen LogP contribution in [0.4, 0.5) is 30.6 Å². The first-order valence-electron chi connectivity index (χ1n) is 10.4. The molecule has 5 rings (SSSR count). The summed E-state index contributed by atoms with van der Waals surface area (Å²) in [6, 6.07) is 6.92. The van der Waals surface area contributed by atoms with E-state index in [2.05, 4.69) is 25.4 Å². The lowest BCUT2D eigenvalue weighted by atomic mass is 10.0. The van der Waals surface area contributed by atoms with Crippen molar-refractivity contribution < 1.29 is 18.0 Å². The zero-order chi connectivity index (χ0) is 24.7. The van der Waals surface area contributed by atoms with Gasteiger partial charge < -0.3 is 21.4 Å². The van der Waals surface area contributed by atoms with E-state index in [-0.39, 0.29) is 16.8 Å². The zero-order valence-corrected chi connectivity index (χ0v) is 18.7. The van der Waals surface area contributed by atoms with Crippen LogP contribution in [-0.2, 0) is 6.42 Å². The average molecular weight is 503 g/mol. The number of alkyl halides is 4. The molecule has 0 radical (unpaired) electrons. The molecule has 1 amide bonds. The first-order valence-corrected chi connectivity index (χ1v) is 10.9. The Morgan fingerprint density at radius 1 is 1.29 bits per heavy atom. The second kappa shape index (κ2) is 8.62. The fraction of sp³-hybridized carbons (Fsp3) is 0.182. The summed E-state index contributed by atoms with van der Waals surface area (Å²) in [5.41, 5.74) is 9.62. The van der Waals surface area contributed by atoms with E-state index in [0.29, 0.717) is 34.7 Å². The van der Waals surface area contributed by atoms with Crippen molar-refractivity contribution in [3.05, 3.63) is 59.8 Å². The number of aromatic amines is 1. The molecule has 13 heteroatoms. The van der Waals surface area contributed by atoms with Crippen LogP contribution in [0, 0.1) is 0 Å². The summed E-state index contributed by atoms with van der Waals surface area (Å²) in [7, 11) is 0. The lowest BCUT2D eigenvalue weighted by Gasteiger charge is -2.10. The Kier molecular flexibility index (Phi) is 5.59. The smallest absolute Gasteiger partial charge is 0.382 e. The fourth-order valence-corrected chi connectivity index (χ4v) is 4.09. The van der Waals surface area contributed by atoms with Crippen LogP contribution in [0.2, 0.25) is 0 Å². The van der Waals surface area contributed by atoms with Crippen molar-refractivity contribution in [2.75, 3.05) is 17.6 Å². The van der Waals surface area contributed by atoms with Crippen LogP contribution in [0.5, 0.6) is 0 Å². The molecule has 1 unspecified atom stereocenters. The highest BCUT2D eigenvalue weighted by Gasteiger charge is 2.29. The zero-order valence-electron chi connectivity index (χ0n) is 17.9. The van der Waals surface area contributed by atoms with Crippen LogP contribution in [-0.4, -0.2) is 48.6 Å². The third-order valence-corrected chi connectivity index (χ3v) is 5.70. The summed E-state index contributed by atoms with van der Waals surface area (Å²) in [4.78, 5) is 24.3. The van der Waals surface area contributed by atoms with E-state index in [1.807, 2.05) is 17.5 Å². The molecule has 3 aromatic heterocycles. The van der Waals surface area contributed by atoms with Gasteiger partial charge in [0.05, 0.1) is 16.6 Å². The largest absolute Gasteiger partial charge is 0.405 e. The number of H-pyrrole nitrogens is 1. The molecule has 3 heterocycles. The van der Waals surface area contributed by atoms with Gasteiger partial charge in [0.1, 0.15) is 18.4 Å². The first-order chi connectivity index (χ1) is 16.7. The molecule has 0 aliphatic heterocycles. The van der Waals surface area contributed by atoms with Crippen LogP contribution in [0.15, 0.2) is 42.9 Å². The van der Waals surface area contributed by atoms with Gasteiger partial charge >= 0.3 is 6.18 Å². The van der Waals surface area contributed by atoms with Crippen molar-refractivity contribution >= 4 is 46.6 Å². The predicted molar refractivity (Wildman–Crippen MR) is 125 cm³/mol. The lowest BCUT2D eigenvalue weighted by molar-refractivity contribution is -0.123. The van der Waals surface area contributed by atoms with E-state index in [1.54, 1.807) is 24.3 Å². The Morgan fingerprint density at radius 2 is 2.06 bits per heavy atom. The molecule has 35 heavy (non-hydrogen) atoms. The predicted octanol–water partition coefficient (Wildman–Crippen LogP) is 3.91. The molecule has 4 aromatic rings. The first kappa shape index (κ1) is 22.7. The molecule has 5 N–H and O–H groups in total. The number of allylic oxidation sites excluding steroid dienone is 1. The number of nitrogen functional groups attached to an aromatic ring is 1. The number of halogens is 4. The maximum absolute atomic E-state index is 12.7. The molecule has 1 aliphatic carbocycles. The number of hydrogen-bond donors (Lipinski definition) is 4. The molecule has 0 bridgehead atoms. The number of carbonyl (C=O) groups is 1. The molecule has 0 saturated carbocycles. The fourth-order valence-electron chi connectivity index (χ4n) is 3.87. The molecule has 0 fully saturated rings. The summed E-state index contributed by atoms with van der Waals surface area (Å²) in [5, 5.41) is 9.01. The van der Waals surface area contributed by atoms with Gasteiger partial charge in [-0.2, -0.15) is 18.3 Å². The molecular weight excluding hydrogens is 485 g/mol. The van der Waals surface area contributed by atoms with Crippen LogP contribution >= 0.6 is 11.6 Å². The number of imidazole rings is 1. The number of amides is 1. The quantitative estimate of drug-likeness (QED) is 0.306. The van der Waals surface area contributed by atoms with Gasteiger partial charge in [0.15, 0.2) is 5.82 Å². The van der Waals surface area contributed by atoms with Gasteiger partial charge in [-0.1, -0.05) is 18.2 Å². The Morgan fingerprint density at radius 3 is 2.80 bits per heavy atom. The lowest BCUT2D eigenvalue weighted by Crippen LogP contribution is -2.33. The molecule has 180 valence electrons. The minimum Gasteiger partial charge on any atom is -0.382 e. The summed E-state index contributed by atoms with van der Waals surface area (Å²) in [5.74, 6) is -0.285. The third kappa shape index (κ3) is 4.64. The normalized spacial score (nSPS) is 15.3.